The molecule has 1 aromatic heterocycles. The fourth-order valence-corrected chi connectivity index (χ4v) is 1.39. The highest BCUT2D eigenvalue weighted by atomic mass is 16.1. The quantitative estimate of drug-likeness (QED) is 0.416. The van der Waals surface area contributed by atoms with E-state index in [4.69, 9.17) is 0 Å². The van der Waals surface area contributed by atoms with E-state index in [1.165, 1.54) is 4.58 Å². The van der Waals surface area contributed by atoms with Gasteiger partial charge in [0.05, 0.1) is 5.52 Å². The minimum atomic E-state index is 0.747. The number of rotatable bonds is 2. The number of hydrogen-bond acceptors (Lipinski definition) is 2. The average molecular weight is 199 g/mol. The molecule has 15 heavy (non-hydrogen) atoms. The Morgan fingerprint density at radius 2 is 2.00 bits per heavy atom. The lowest BCUT2D eigenvalue weighted by atomic mass is 10.2. The van der Waals surface area contributed by atoms with Crippen LogP contribution in [0.15, 0.2) is 36.4 Å². The van der Waals surface area contributed by atoms with Crippen molar-refractivity contribution in [3.63, 3.8) is 0 Å². The Morgan fingerprint density at radius 3 is 2.80 bits per heavy atom. The van der Waals surface area contributed by atoms with E-state index in [0.29, 0.717) is 0 Å². The summed E-state index contributed by atoms with van der Waals surface area (Å²) in [6.45, 7) is 0. The first kappa shape index (κ1) is 9.52. The first-order valence-corrected chi connectivity index (χ1v) is 4.67. The Balaban J connectivity index is 2.52. The van der Waals surface area contributed by atoms with Crippen LogP contribution in [-0.2, 0) is 4.79 Å². The first-order chi connectivity index (χ1) is 7.29. The van der Waals surface area contributed by atoms with E-state index < -0.39 is 0 Å². The molecule has 0 aliphatic rings. The topological polar surface area (TPSA) is 33.0 Å². The van der Waals surface area contributed by atoms with Crippen molar-refractivity contribution in [2.24, 2.45) is 0 Å². The molecule has 0 saturated heterocycles. The van der Waals surface area contributed by atoms with Crippen molar-refractivity contribution < 1.29 is 9.37 Å². The maximum Gasteiger partial charge on any atom is 0.374 e. The van der Waals surface area contributed by atoms with Gasteiger partial charge in [0.15, 0.2) is 6.21 Å². The molecule has 1 amide bonds. The van der Waals surface area contributed by atoms with Gasteiger partial charge in [-0.15, -0.1) is 0 Å². The molecule has 74 valence electrons. The second-order valence-electron chi connectivity index (χ2n) is 3.33. The van der Waals surface area contributed by atoms with Gasteiger partial charge in [0.1, 0.15) is 12.7 Å². The van der Waals surface area contributed by atoms with Crippen molar-refractivity contribution in [1.82, 2.24) is 4.98 Å². The van der Waals surface area contributed by atoms with E-state index in [2.05, 4.69) is 4.98 Å². The average Bonchev–Trinajstić information content (AvgIpc) is 2.29. The van der Waals surface area contributed by atoms with Crippen molar-refractivity contribution in [2.45, 2.75) is 0 Å². The largest absolute Gasteiger partial charge is 0.374 e. The zero-order chi connectivity index (χ0) is 10.7. The smallest absolute Gasteiger partial charge is 0.242 e. The number of carbonyl (C=O) groups is 1. The summed E-state index contributed by atoms with van der Waals surface area (Å²) >= 11 is 0. The van der Waals surface area contributed by atoms with Crippen LogP contribution in [0.5, 0.6) is 0 Å². The fourth-order valence-electron chi connectivity index (χ4n) is 1.39. The predicted molar refractivity (Wildman–Crippen MR) is 59.2 cm³/mol. The maximum atomic E-state index is 10.4. The van der Waals surface area contributed by atoms with Crippen molar-refractivity contribution in [1.29, 1.82) is 0 Å². The number of aromatic nitrogens is 1. The van der Waals surface area contributed by atoms with Crippen LogP contribution < -0.4 is 0 Å². The van der Waals surface area contributed by atoms with Crippen molar-refractivity contribution in [3.8, 4) is 0 Å². The molecule has 0 N–H and O–H groups in total. The Kier molecular flexibility index (Phi) is 2.54. The molecule has 3 heteroatoms. The molecule has 0 fully saturated rings. The molecule has 0 bridgehead atoms. The van der Waals surface area contributed by atoms with Gasteiger partial charge in [-0.3, -0.25) is 0 Å². The van der Waals surface area contributed by atoms with Gasteiger partial charge in [0.25, 0.3) is 0 Å². The predicted octanol–water partition coefficient (Wildman–Crippen LogP) is 1.45. The summed E-state index contributed by atoms with van der Waals surface area (Å²) in [5.74, 6) is 0. The monoisotopic (exact) mass is 199 g/mol. The summed E-state index contributed by atoms with van der Waals surface area (Å²) in [4.78, 5) is 14.8. The first-order valence-electron chi connectivity index (χ1n) is 4.67. The van der Waals surface area contributed by atoms with Crippen LogP contribution in [-0.4, -0.2) is 29.2 Å². The minimum absolute atomic E-state index is 0.747. The Morgan fingerprint density at radius 1 is 1.20 bits per heavy atom. The second kappa shape index (κ2) is 4.00. The number of amides is 1. The van der Waals surface area contributed by atoms with E-state index >= 15 is 0 Å². The van der Waals surface area contributed by atoms with E-state index in [-0.39, 0.29) is 0 Å². The minimum Gasteiger partial charge on any atom is -0.242 e. The number of carbonyl (C=O) groups excluding carboxylic acids is 1. The number of hydrogen-bond donors (Lipinski definition) is 0. The van der Waals surface area contributed by atoms with E-state index in [0.717, 1.165) is 23.0 Å². The maximum absolute atomic E-state index is 10.4. The summed E-state index contributed by atoms with van der Waals surface area (Å²) in [5.41, 5.74) is 1.72. The third kappa shape index (κ3) is 2.07. The molecule has 0 atom stereocenters. The van der Waals surface area contributed by atoms with Gasteiger partial charge in [0.2, 0.25) is 0 Å². The lowest BCUT2D eigenvalue weighted by Gasteiger charge is -1.96. The molecule has 0 saturated carbocycles. The highest BCUT2D eigenvalue weighted by Gasteiger charge is 1.99. The normalized spacial score (nSPS) is 11.7. The molecule has 0 unspecified atom stereocenters. The Labute approximate surface area is 87.7 Å². The van der Waals surface area contributed by atoms with Crippen LogP contribution in [0.2, 0.25) is 0 Å². The molecule has 0 aliphatic carbocycles. The van der Waals surface area contributed by atoms with Gasteiger partial charge >= 0.3 is 6.41 Å². The molecular formula is C12H11N2O+. The van der Waals surface area contributed by atoms with Crippen LogP contribution in [0.25, 0.3) is 10.9 Å². The molecule has 3 nitrogen and oxygen atoms in total. The number of fused-ring (bicyclic) bond motifs is 1. The molecule has 0 spiro atoms. The Hall–Kier alpha value is -2.03. The molecule has 1 aromatic carbocycles. The molecule has 1 heterocycles. The highest BCUT2D eigenvalue weighted by Crippen LogP contribution is 2.10. The van der Waals surface area contributed by atoms with Gasteiger partial charge in [-0.1, -0.05) is 24.3 Å². The fraction of sp³-hybridized carbons (Fsp3) is 0.0833. The number of nitrogens with zero attached hydrogens (tertiary/aromatic N) is 2. The summed E-state index contributed by atoms with van der Waals surface area (Å²) < 4.78 is 1.44. The van der Waals surface area contributed by atoms with Gasteiger partial charge in [-0.25, -0.2) is 9.78 Å². The number of pyridine rings is 1. The van der Waals surface area contributed by atoms with E-state index in [1.807, 2.05) is 36.4 Å². The summed E-state index contributed by atoms with van der Waals surface area (Å²) in [6, 6.07) is 11.8. The third-order valence-electron chi connectivity index (χ3n) is 2.12. The second-order valence-corrected chi connectivity index (χ2v) is 3.33. The van der Waals surface area contributed by atoms with E-state index in [9.17, 15) is 4.79 Å². The van der Waals surface area contributed by atoms with Gasteiger partial charge in [0, 0.05) is 5.39 Å². The lowest BCUT2D eigenvalue weighted by molar-refractivity contribution is -0.396. The molecule has 0 radical (unpaired) electrons. The zero-order valence-electron chi connectivity index (χ0n) is 8.42. The summed E-state index contributed by atoms with van der Waals surface area (Å²) in [5, 5.41) is 1.10. The van der Waals surface area contributed by atoms with Crippen LogP contribution >= 0.6 is 0 Å². The summed E-state index contributed by atoms with van der Waals surface area (Å²) in [7, 11) is 1.68. The van der Waals surface area contributed by atoms with Gasteiger partial charge in [-0.2, -0.15) is 4.58 Å². The SMILES string of the molecule is C[N+](C=O)=Cc1ccc2ccccc2n1. The van der Waals surface area contributed by atoms with Crippen LogP contribution in [0.3, 0.4) is 0 Å². The Bertz CT molecular complexity index is 532. The van der Waals surface area contributed by atoms with Crippen LogP contribution in [0.1, 0.15) is 5.69 Å². The van der Waals surface area contributed by atoms with Crippen molar-refractivity contribution in [2.75, 3.05) is 7.05 Å². The third-order valence-corrected chi connectivity index (χ3v) is 2.12. The van der Waals surface area contributed by atoms with Gasteiger partial charge < -0.3 is 0 Å². The summed E-state index contributed by atoms with van der Waals surface area (Å²) in [6.07, 6.45) is 2.44. The molecular weight excluding hydrogens is 188 g/mol. The van der Waals surface area contributed by atoms with E-state index in [1.54, 1.807) is 13.3 Å². The molecule has 2 rings (SSSR count). The van der Waals surface area contributed by atoms with Crippen LogP contribution in [0.4, 0.5) is 0 Å². The molecule has 2 aromatic rings. The standard InChI is InChI=1S/C12H11N2O/c1-14(9-15)8-11-7-6-10-4-2-3-5-12(10)13-11/h2-9H,1H3/q+1. The molecule has 0 aliphatic heterocycles. The van der Waals surface area contributed by atoms with Crippen molar-refractivity contribution in [3.05, 3.63) is 42.1 Å². The number of benzene rings is 1. The van der Waals surface area contributed by atoms with Crippen molar-refractivity contribution >= 4 is 23.5 Å². The highest BCUT2D eigenvalue weighted by molar-refractivity contribution is 5.84. The number of para-hydroxylation sites is 1. The lowest BCUT2D eigenvalue weighted by Crippen LogP contribution is -2.05. The van der Waals surface area contributed by atoms with Crippen LogP contribution in [0, 0.1) is 0 Å². The zero-order valence-corrected chi connectivity index (χ0v) is 8.42. The van der Waals surface area contributed by atoms with Gasteiger partial charge in [-0.05, 0) is 12.1 Å².